The van der Waals surface area contributed by atoms with Gasteiger partial charge in [-0.2, -0.15) is 4.91 Å². The van der Waals surface area contributed by atoms with Gasteiger partial charge in [-0.05, 0) is 23.8 Å². The molecule has 146 valence electrons. The van der Waals surface area contributed by atoms with Gasteiger partial charge >= 0.3 is 5.97 Å². The molecule has 0 fully saturated rings. The SMILES string of the molecule is COCOc1cc(CC(=O)OC)c(-c2ccc(CN=O)o2)c(OCOC)c1. The Morgan fingerprint density at radius 1 is 1.07 bits per heavy atom. The van der Waals surface area contributed by atoms with Crippen LogP contribution in [0, 0.1) is 4.91 Å². The van der Waals surface area contributed by atoms with E-state index >= 15 is 0 Å². The number of methoxy groups -OCH3 is 3. The molecule has 9 nitrogen and oxygen atoms in total. The maximum absolute atomic E-state index is 11.9. The highest BCUT2D eigenvalue weighted by molar-refractivity contribution is 5.80. The van der Waals surface area contributed by atoms with Crippen molar-refractivity contribution in [1.82, 2.24) is 0 Å². The van der Waals surface area contributed by atoms with Gasteiger partial charge in [0.2, 0.25) is 0 Å². The Labute approximate surface area is 156 Å². The number of hydrogen-bond acceptors (Lipinski definition) is 9. The number of carbonyl (C=O) groups is 1. The molecule has 1 aromatic carbocycles. The standard InChI is InChI=1S/C18H21NO8/c1-22-10-25-14-6-12(7-17(20)24-3)18(16(8-14)26-11-23-2)15-5-4-13(27-15)9-19-21/h4-6,8H,7,9-11H2,1-3H3. The van der Waals surface area contributed by atoms with Gasteiger partial charge < -0.3 is 28.1 Å². The van der Waals surface area contributed by atoms with Gasteiger partial charge in [0, 0.05) is 20.3 Å². The maximum Gasteiger partial charge on any atom is 0.310 e. The van der Waals surface area contributed by atoms with E-state index in [0.717, 1.165) is 0 Å². The summed E-state index contributed by atoms with van der Waals surface area (Å²) in [5.74, 6) is 1.17. The van der Waals surface area contributed by atoms with Crippen LogP contribution in [0.25, 0.3) is 11.3 Å². The van der Waals surface area contributed by atoms with Gasteiger partial charge in [-0.15, -0.1) is 0 Å². The topological polar surface area (TPSA) is 106 Å². The summed E-state index contributed by atoms with van der Waals surface area (Å²) in [5.41, 5.74) is 1.08. The maximum atomic E-state index is 11.9. The van der Waals surface area contributed by atoms with Gasteiger partial charge in [0.05, 0.1) is 19.1 Å². The van der Waals surface area contributed by atoms with Crippen LogP contribution in [0.2, 0.25) is 0 Å². The van der Waals surface area contributed by atoms with E-state index in [9.17, 15) is 9.70 Å². The van der Waals surface area contributed by atoms with E-state index in [-0.39, 0.29) is 26.6 Å². The molecule has 27 heavy (non-hydrogen) atoms. The molecule has 9 heteroatoms. The van der Waals surface area contributed by atoms with Crippen LogP contribution in [0.3, 0.4) is 0 Å². The summed E-state index contributed by atoms with van der Waals surface area (Å²) in [6, 6.07) is 6.61. The van der Waals surface area contributed by atoms with Crippen molar-refractivity contribution in [2.24, 2.45) is 5.18 Å². The van der Waals surface area contributed by atoms with E-state index in [1.165, 1.54) is 21.3 Å². The summed E-state index contributed by atoms with van der Waals surface area (Å²) in [7, 11) is 4.29. The van der Waals surface area contributed by atoms with Crippen LogP contribution in [-0.2, 0) is 32.0 Å². The van der Waals surface area contributed by atoms with Crippen LogP contribution in [-0.4, -0.2) is 40.9 Å². The summed E-state index contributed by atoms with van der Waals surface area (Å²) < 4.78 is 31.5. The number of furan rings is 1. The van der Waals surface area contributed by atoms with Crippen LogP contribution in [0.15, 0.2) is 33.9 Å². The van der Waals surface area contributed by atoms with Gasteiger partial charge in [-0.1, -0.05) is 5.18 Å². The molecule has 2 rings (SSSR count). The number of ether oxygens (including phenoxy) is 5. The molecule has 1 heterocycles. The Hall–Kier alpha value is -2.91. The molecule has 0 atom stereocenters. The molecule has 0 spiro atoms. The minimum atomic E-state index is -0.445. The zero-order valence-electron chi connectivity index (χ0n) is 15.4. The molecule has 0 aliphatic rings. The minimum Gasteiger partial charge on any atom is -0.469 e. The van der Waals surface area contributed by atoms with Gasteiger partial charge in [-0.25, -0.2) is 0 Å². The van der Waals surface area contributed by atoms with Crippen molar-refractivity contribution in [2.75, 3.05) is 34.9 Å². The molecule has 0 aliphatic heterocycles. The second kappa shape index (κ2) is 10.3. The van der Waals surface area contributed by atoms with Crippen LogP contribution in [0.5, 0.6) is 11.5 Å². The van der Waals surface area contributed by atoms with Crippen LogP contribution >= 0.6 is 0 Å². The van der Waals surface area contributed by atoms with Crippen LogP contribution < -0.4 is 9.47 Å². The minimum absolute atomic E-state index is 0.0244. The molecular weight excluding hydrogens is 358 g/mol. The second-order valence-corrected chi connectivity index (χ2v) is 5.36. The highest BCUT2D eigenvalue weighted by atomic mass is 16.7. The predicted molar refractivity (Wildman–Crippen MR) is 94.4 cm³/mol. The molecule has 2 aromatic rings. The smallest absolute Gasteiger partial charge is 0.310 e. The Morgan fingerprint density at radius 3 is 2.48 bits per heavy atom. The van der Waals surface area contributed by atoms with E-state index in [1.54, 1.807) is 24.3 Å². The number of esters is 1. The summed E-state index contributed by atoms with van der Waals surface area (Å²) in [5, 5.41) is 2.81. The highest BCUT2D eigenvalue weighted by Crippen LogP contribution is 2.39. The number of nitrogens with zero attached hydrogens (tertiary/aromatic N) is 1. The molecule has 0 N–H and O–H groups in total. The van der Waals surface area contributed by atoms with E-state index in [4.69, 9.17) is 28.1 Å². The average molecular weight is 379 g/mol. The molecule has 0 saturated heterocycles. The first-order chi connectivity index (χ1) is 13.1. The molecule has 0 amide bonds. The lowest BCUT2D eigenvalue weighted by Gasteiger charge is -2.16. The fourth-order valence-corrected chi connectivity index (χ4v) is 2.40. The van der Waals surface area contributed by atoms with Crippen molar-refractivity contribution in [1.29, 1.82) is 0 Å². The lowest BCUT2D eigenvalue weighted by atomic mass is 10.0. The zero-order valence-corrected chi connectivity index (χ0v) is 15.4. The first-order valence-electron chi connectivity index (χ1n) is 7.98. The normalized spacial score (nSPS) is 10.5. The highest BCUT2D eigenvalue weighted by Gasteiger charge is 2.20. The van der Waals surface area contributed by atoms with Gasteiger partial charge in [0.1, 0.15) is 29.6 Å². The van der Waals surface area contributed by atoms with Crippen molar-refractivity contribution in [2.45, 2.75) is 13.0 Å². The van der Waals surface area contributed by atoms with E-state index < -0.39 is 5.97 Å². The Kier molecular flexibility index (Phi) is 7.78. The molecule has 1 aromatic heterocycles. The quantitative estimate of drug-likeness (QED) is 0.333. The number of hydrogen-bond donors (Lipinski definition) is 0. The lowest BCUT2D eigenvalue weighted by molar-refractivity contribution is -0.139. The van der Waals surface area contributed by atoms with Gasteiger partial charge in [0.25, 0.3) is 0 Å². The van der Waals surface area contributed by atoms with Crippen molar-refractivity contribution in [3.63, 3.8) is 0 Å². The van der Waals surface area contributed by atoms with E-state index in [0.29, 0.717) is 34.1 Å². The van der Waals surface area contributed by atoms with Gasteiger partial charge in [0.15, 0.2) is 13.6 Å². The first-order valence-corrected chi connectivity index (χ1v) is 7.98. The van der Waals surface area contributed by atoms with E-state index in [2.05, 4.69) is 5.18 Å². The number of benzene rings is 1. The number of rotatable bonds is 11. The van der Waals surface area contributed by atoms with Crippen molar-refractivity contribution in [3.05, 3.63) is 40.5 Å². The van der Waals surface area contributed by atoms with Crippen LogP contribution in [0.4, 0.5) is 0 Å². The van der Waals surface area contributed by atoms with Crippen LogP contribution in [0.1, 0.15) is 11.3 Å². The monoisotopic (exact) mass is 379 g/mol. The molecule has 0 aliphatic carbocycles. The predicted octanol–water partition coefficient (Wildman–Crippen LogP) is 2.89. The second-order valence-electron chi connectivity index (χ2n) is 5.36. The third-order valence-electron chi connectivity index (χ3n) is 3.52. The third-order valence-corrected chi connectivity index (χ3v) is 3.52. The van der Waals surface area contributed by atoms with E-state index in [1.807, 2.05) is 0 Å². The molecule has 0 unspecified atom stereocenters. The molecular formula is C18H21NO8. The average Bonchev–Trinajstić information content (AvgIpc) is 3.12. The molecule has 0 radical (unpaired) electrons. The molecule has 0 bridgehead atoms. The van der Waals surface area contributed by atoms with Crippen molar-refractivity contribution >= 4 is 5.97 Å². The summed E-state index contributed by atoms with van der Waals surface area (Å²) in [4.78, 5) is 22.4. The van der Waals surface area contributed by atoms with Gasteiger partial charge in [-0.3, -0.25) is 4.79 Å². The zero-order chi connectivity index (χ0) is 19.6. The Bertz CT molecular complexity index is 771. The summed E-state index contributed by atoms with van der Waals surface area (Å²) in [6.07, 6.45) is -0.0404. The van der Waals surface area contributed by atoms with Crippen molar-refractivity contribution in [3.8, 4) is 22.8 Å². The fraction of sp³-hybridized carbons (Fsp3) is 0.389. The number of nitroso groups, excluding NO2 is 1. The number of carbonyl (C=O) groups excluding carboxylic acids is 1. The Balaban J connectivity index is 2.55. The van der Waals surface area contributed by atoms with Crippen molar-refractivity contribution < 1.29 is 32.9 Å². The fourth-order valence-electron chi connectivity index (χ4n) is 2.40. The lowest BCUT2D eigenvalue weighted by Crippen LogP contribution is -2.09. The summed E-state index contributed by atoms with van der Waals surface area (Å²) in [6.45, 7) is -0.103. The Morgan fingerprint density at radius 2 is 1.81 bits per heavy atom. The molecule has 0 saturated carbocycles. The summed E-state index contributed by atoms with van der Waals surface area (Å²) >= 11 is 0. The first kappa shape index (κ1) is 20.4. The largest absolute Gasteiger partial charge is 0.469 e. The third kappa shape index (κ3) is 5.53.